The molecule has 0 aliphatic heterocycles. The van der Waals surface area contributed by atoms with Gasteiger partial charge in [0.1, 0.15) is 0 Å². The van der Waals surface area contributed by atoms with Gasteiger partial charge >= 0.3 is 0 Å². The van der Waals surface area contributed by atoms with E-state index in [0.29, 0.717) is 5.41 Å². The van der Waals surface area contributed by atoms with Gasteiger partial charge in [0.25, 0.3) is 0 Å². The van der Waals surface area contributed by atoms with Crippen molar-refractivity contribution in [3.05, 3.63) is 0 Å². The molecule has 0 aromatic heterocycles. The molecule has 0 bridgehead atoms. The van der Waals surface area contributed by atoms with Crippen LogP contribution in [0.4, 0.5) is 0 Å². The van der Waals surface area contributed by atoms with E-state index in [0.717, 1.165) is 25.2 Å². The van der Waals surface area contributed by atoms with Crippen molar-refractivity contribution in [2.45, 2.75) is 78.9 Å². The van der Waals surface area contributed by atoms with Crippen molar-refractivity contribution in [1.29, 1.82) is 0 Å². The van der Waals surface area contributed by atoms with Crippen LogP contribution in [-0.2, 0) is 9.78 Å². The molecule has 0 radical (unpaired) electrons. The van der Waals surface area contributed by atoms with Gasteiger partial charge in [-0.1, -0.05) is 27.7 Å². The van der Waals surface area contributed by atoms with Crippen LogP contribution in [0, 0.1) is 11.3 Å². The summed E-state index contributed by atoms with van der Waals surface area (Å²) in [6.45, 7) is 13.2. The van der Waals surface area contributed by atoms with Crippen LogP contribution in [0.15, 0.2) is 0 Å². The largest absolute Gasteiger partial charge is 0.233 e. The Bertz CT molecular complexity index is 221. The monoisotopic (exact) mass is 228 g/mol. The molecule has 2 atom stereocenters. The zero-order valence-electron chi connectivity index (χ0n) is 11.8. The SMILES string of the molecule is CCC(C)(C)OOC1CC(C)CC(C)(C)C1. The van der Waals surface area contributed by atoms with Crippen molar-refractivity contribution < 1.29 is 9.78 Å². The fourth-order valence-electron chi connectivity index (χ4n) is 2.59. The van der Waals surface area contributed by atoms with Crippen LogP contribution in [0.25, 0.3) is 0 Å². The first-order valence-corrected chi connectivity index (χ1v) is 6.58. The predicted octanol–water partition coefficient (Wildman–Crippen LogP) is 4.34. The first-order chi connectivity index (χ1) is 7.24. The summed E-state index contributed by atoms with van der Waals surface area (Å²) in [4.78, 5) is 11.2. The Morgan fingerprint density at radius 1 is 1.25 bits per heavy atom. The summed E-state index contributed by atoms with van der Waals surface area (Å²) in [6, 6.07) is 0. The van der Waals surface area contributed by atoms with Crippen LogP contribution in [-0.4, -0.2) is 11.7 Å². The molecule has 16 heavy (non-hydrogen) atoms. The topological polar surface area (TPSA) is 18.5 Å². The van der Waals surface area contributed by atoms with Gasteiger partial charge in [-0.25, -0.2) is 9.78 Å². The van der Waals surface area contributed by atoms with Gasteiger partial charge in [-0.05, 0) is 50.9 Å². The van der Waals surface area contributed by atoms with Crippen LogP contribution >= 0.6 is 0 Å². The molecule has 0 heterocycles. The Morgan fingerprint density at radius 3 is 2.38 bits per heavy atom. The number of hydrogen-bond donors (Lipinski definition) is 0. The van der Waals surface area contributed by atoms with E-state index >= 15 is 0 Å². The number of hydrogen-bond acceptors (Lipinski definition) is 2. The maximum atomic E-state index is 5.64. The Kier molecular flexibility index (Phi) is 4.42. The third kappa shape index (κ3) is 4.42. The number of rotatable bonds is 4. The third-order valence-corrected chi connectivity index (χ3v) is 3.61. The van der Waals surface area contributed by atoms with Crippen LogP contribution in [0.3, 0.4) is 0 Å². The molecule has 1 rings (SSSR count). The standard InChI is InChI=1S/C14H28O2/c1-7-14(5,6)16-15-12-8-11(2)9-13(3,4)10-12/h11-12H,7-10H2,1-6H3. The molecule has 0 aromatic carbocycles. The smallest absolute Gasteiger partial charge is 0.0977 e. The van der Waals surface area contributed by atoms with E-state index in [4.69, 9.17) is 9.78 Å². The quantitative estimate of drug-likeness (QED) is 0.526. The van der Waals surface area contributed by atoms with Gasteiger partial charge in [0.15, 0.2) is 0 Å². The van der Waals surface area contributed by atoms with Gasteiger partial charge < -0.3 is 0 Å². The van der Waals surface area contributed by atoms with Gasteiger partial charge in [-0.15, -0.1) is 0 Å². The van der Waals surface area contributed by atoms with E-state index in [2.05, 4.69) is 41.5 Å². The summed E-state index contributed by atoms with van der Waals surface area (Å²) in [5.41, 5.74) is 0.229. The minimum atomic E-state index is -0.162. The average Bonchev–Trinajstić information content (AvgIpc) is 2.12. The molecular weight excluding hydrogens is 200 g/mol. The molecule has 0 N–H and O–H groups in total. The van der Waals surface area contributed by atoms with Crippen molar-refractivity contribution in [3.63, 3.8) is 0 Å². The van der Waals surface area contributed by atoms with Gasteiger partial charge in [0.2, 0.25) is 0 Å². The molecule has 1 saturated carbocycles. The zero-order chi connectivity index (χ0) is 12.4. The zero-order valence-corrected chi connectivity index (χ0v) is 11.8. The Morgan fingerprint density at radius 2 is 1.88 bits per heavy atom. The first-order valence-electron chi connectivity index (χ1n) is 6.58. The summed E-state index contributed by atoms with van der Waals surface area (Å²) in [5, 5.41) is 0. The lowest BCUT2D eigenvalue weighted by Crippen LogP contribution is -2.35. The Labute approximate surface area is 101 Å². The third-order valence-electron chi connectivity index (χ3n) is 3.61. The maximum Gasteiger partial charge on any atom is 0.0977 e. The van der Waals surface area contributed by atoms with Crippen molar-refractivity contribution in [1.82, 2.24) is 0 Å². The van der Waals surface area contributed by atoms with Crippen LogP contribution < -0.4 is 0 Å². The van der Waals surface area contributed by atoms with Gasteiger partial charge in [0.05, 0.1) is 11.7 Å². The predicted molar refractivity (Wildman–Crippen MR) is 67.1 cm³/mol. The second-order valence-electron chi connectivity index (χ2n) is 6.83. The minimum absolute atomic E-state index is 0.162. The highest BCUT2D eigenvalue weighted by atomic mass is 17.2. The normalized spacial score (nSPS) is 30.4. The highest BCUT2D eigenvalue weighted by molar-refractivity contribution is 4.83. The fraction of sp³-hybridized carbons (Fsp3) is 1.00. The molecule has 1 fully saturated rings. The molecule has 1 aliphatic carbocycles. The second-order valence-corrected chi connectivity index (χ2v) is 6.83. The second kappa shape index (κ2) is 5.05. The van der Waals surface area contributed by atoms with Crippen LogP contribution in [0.2, 0.25) is 0 Å². The van der Waals surface area contributed by atoms with Crippen molar-refractivity contribution in [2.24, 2.45) is 11.3 Å². The molecule has 96 valence electrons. The van der Waals surface area contributed by atoms with E-state index in [-0.39, 0.29) is 11.7 Å². The van der Waals surface area contributed by atoms with Crippen LogP contribution in [0.5, 0.6) is 0 Å². The van der Waals surface area contributed by atoms with Gasteiger partial charge in [-0.2, -0.15) is 0 Å². The van der Waals surface area contributed by atoms with Crippen molar-refractivity contribution in [3.8, 4) is 0 Å². The first kappa shape index (κ1) is 14.0. The highest BCUT2D eigenvalue weighted by Gasteiger charge is 2.34. The van der Waals surface area contributed by atoms with Gasteiger partial charge in [-0.3, -0.25) is 0 Å². The molecule has 0 saturated heterocycles. The molecule has 0 amide bonds. The molecule has 0 aromatic rings. The van der Waals surface area contributed by atoms with E-state index in [1.54, 1.807) is 0 Å². The lowest BCUT2D eigenvalue weighted by atomic mass is 9.71. The molecule has 2 heteroatoms. The summed E-state index contributed by atoms with van der Waals surface area (Å²) in [7, 11) is 0. The average molecular weight is 228 g/mol. The molecule has 2 nitrogen and oxygen atoms in total. The van der Waals surface area contributed by atoms with Crippen molar-refractivity contribution >= 4 is 0 Å². The van der Waals surface area contributed by atoms with E-state index in [1.807, 2.05) is 0 Å². The van der Waals surface area contributed by atoms with Crippen LogP contribution in [0.1, 0.15) is 67.2 Å². The molecule has 1 aliphatic rings. The van der Waals surface area contributed by atoms with Crippen molar-refractivity contribution in [2.75, 3.05) is 0 Å². The molecular formula is C14H28O2. The summed E-state index contributed by atoms with van der Waals surface area (Å²) < 4.78 is 0. The summed E-state index contributed by atoms with van der Waals surface area (Å²) >= 11 is 0. The molecule has 0 spiro atoms. The highest BCUT2D eigenvalue weighted by Crippen LogP contribution is 2.40. The lowest BCUT2D eigenvalue weighted by molar-refractivity contribution is -0.385. The van der Waals surface area contributed by atoms with E-state index < -0.39 is 0 Å². The Balaban J connectivity index is 2.43. The summed E-state index contributed by atoms with van der Waals surface area (Å²) in [6.07, 6.45) is 4.77. The fourth-order valence-corrected chi connectivity index (χ4v) is 2.59. The summed E-state index contributed by atoms with van der Waals surface area (Å²) in [5.74, 6) is 0.738. The maximum absolute atomic E-state index is 5.64. The molecule has 2 unspecified atom stereocenters. The van der Waals surface area contributed by atoms with E-state index in [1.165, 1.54) is 6.42 Å². The lowest BCUT2D eigenvalue weighted by Gasteiger charge is -2.39. The van der Waals surface area contributed by atoms with E-state index in [9.17, 15) is 0 Å². The Hall–Kier alpha value is -0.0800. The van der Waals surface area contributed by atoms with Gasteiger partial charge in [0, 0.05) is 0 Å². The minimum Gasteiger partial charge on any atom is -0.233 e.